The number of likely N-dealkylation sites (tertiary alicyclic amines) is 1. The third-order valence-electron chi connectivity index (χ3n) is 5.63. The van der Waals surface area contributed by atoms with E-state index in [4.69, 9.17) is 15.9 Å². The average Bonchev–Trinajstić information content (AvgIpc) is 3.37. The maximum Gasteiger partial charge on any atom is 0.328 e. The molecule has 2 atom stereocenters. The monoisotopic (exact) mass is 475 g/mol. The van der Waals surface area contributed by atoms with Gasteiger partial charge in [-0.1, -0.05) is 42.2 Å². The molecule has 3 rings (SSSR count). The summed E-state index contributed by atoms with van der Waals surface area (Å²) >= 11 is 0. The number of ether oxygens (including phenoxy) is 1. The van der Waals surface area contributed by atoms with Crippen molar-refractivity contribution < 1.29 is 19.1 Å². The van der Waals surface area contributed by atoms with Gasteiger partial charge < -0.3 is 26.0 Å². The zero-order valence-corrected chi connectivity index (χ0v) is 19.5. The van der Waals surface area contributed by atoms with Gasteiger partial charge in [-0.15, -0.1) is 0 Å². The van der Waals surface area contributed by atoms with E-state index in [0.717, 1.165) is 23.1 Å². The summed E-state index contributed by atoms with van der Waals surface area (Å²) < 4.78 is 4.84. The fraction of sp³-hybridized carbons (Fsp3) is 0.308. The number of hydrogen-bond donors (Lipinski definition) is 4. The smallest absolute Gasteiger partial charge is 0.328 e. The summed E-state index contributed by atoms with van der Waals surface area (Å²) in [5.41, 5.74) is 8.07. The molecule has 2 aromatic carbocycles. The van der Waals surface area contributed by atoms with Crippen LogP contribution >= 0.6 is 0 Å². The van der Waals surface area contributed by atoms with Crippen molar-refractivity contribution in [1.29, 1.82) is 5.41 Å². The van der Waals surface area contributed by atoms with Crippen molar-refractivity contribution in [1.82, 2.24) is 15.5 Å². The number of carbonyl (C=O) groups is 3. The summed E-state index contributed by atoms with van der Waals surface area (Å²) in [5, 5.41) is 12.7. The quantitative estimate of drug-likeness (QED) is 0.202. The highest BCUT2D eigenvalue weighted by Crippen LogP contribution is 2.16. The number of nitrogens with zero attached hydrogens (tertiary/aromatic N) is 1. The molecule has 0 spiro atoms. The second-order valence-electron chi connectivity index (χ2n) is 8.11. The molecule has 9 heteroatoms. The number of benzene rings is 2. The van der Waals surface area contributed by atoms with Crippen LogP contribution in [0.5, 0.6) is 0 Å². The highest BCUT2D eigenvalue weighted by molar-refractivity contribution is 5.92. The van der Waals surface area contributed by atoms with Crippen LogP contribution in [0, 0.1) is 17.3 Å². The first kappa shape index (κ1) is 25.3. The third-order valence-corrected chi connectivity index (χ3v) is 5.63. The van der Waals surface area contributed by atoms with Crippen LogP contribution in [0.3, 0.4) is 0 Å². The molecule has 5 N–H and O–H groups in total. The molecule has 0 aromatic heterocycles. The predicted octanol–water partition coefficient (Wildman–Crippen LogP) is 0.761. The SMILES string of the molecule is COC(=O)[C@H](Cc1ccc(C#Cc2ccccc2)cc1)NC(=O)CNC(=O)[C@@H]1CCCN1C(=N)N. The summed E-state index contributed by atoms with van der Waals surface area (Å²) in [6.07, 6.45) is 1.52. The zero-order chi connectivity index (χ0) is 25.2. The lowest BCUT2D eigenvalue weighted by molar-refractivity contribution is -0.145. The second-order valence-corrected chi connectivity index (χ2v) is 8.11. The standard InChI is InChI=1S/C26H29N5O4/c1-35-25(34)21(30-23(32)17-29-24(33)22-8-5-15-31(22)26(27)28)16-20-13-11-19(12-14-20)10-9-18-6-3-2-4-7-18/h2-4,6-7,11-14,21-22H,5,8,15-17H2,1H3,(H3,27,28)(H,29,33)(H,30,32)/t21-,22-/m0/s1. The van der Waals surface area contributed by atoms with Crippen molar-refractivity contribution in [3.63, 3.8) is 0 Å². The molecular formula is C26H29N5O4. The van der Waals surface area contributed by atoms with E-state index in [9.17, 15) is 14.4 Å². The van der Waals surface area contributed by atoms with Crippen LogP contribution in [0.4, 0.5) is 0 Å². The fourth-order valence-corrected chi connectivity index (χ4v) is 3.82. The molecule has 2 aromatic rings. The van der Waals surface area contributed by atoms with Crippen LogP contribution in [0.1, 0.15) is 29.5 Å². The number of amides is 2. The molecule has 1 saturated heterocycles. The van der Waals surface area contributed by atoms with E-state index in [2.05, 4.69) is 22.5 Å². The predicted molar refractivity (Wildman–Crippen MR) is 131 cm³/mol. The summed E-state index contributed by atoms with van der Waals surface area (Å²) in [5.74, 6) is 4.52. The van der Waals surface area contributed by atoms with Crippen LogP contribution in [-0.2, 0) is 25.5 Å². The van der Waals surface area contributed by atoms with Crippen molar-refractivity contribution in [2.24, 2.45) is 5.73 Å². The Bertz CT molecular complexity index is 1120. The molecule has 0 saturated carbocycles. The van der Waals surface area contributed by atoms with Gasteiger partial charge in [0.05, 0.1) is 13.7 Å². The minimum atomic E-state index is -0.911. The van der Waals surface area contributed by atoms with Gasteiger partial charge in [-0.3, -0.25) is 15.0 Å². The van der Waals surface area contributed by atoms with Crippen molar-refractivity contribution in [2.45, 2.75) is 31.3 Å². The number of rotatable bonds is 7. The highest BCUT2D eigenvalue weighted by Gasteiger charge is 2.32. The lowest BCUT2D eigenvalue weighted by Gasteiger charge is -2.23. The Morgan fingerprint density at radius 2 is 1.77 bits per heavy atom. The molecule has 1 aliphatic rings. The number of esters is 1. The van der Waals surface area contributed by atoms with Crippen molar-refractivity contribution in [3.05, 3.63) is 71.3 Å². The number of carbonyl (C=O) groups excluding carboxylic acids is 3. The molecule has 0 bridgehead atoms. The topological polar surface area (TPSA) is 138 Å². The van der Waals surface area contributed by atoms with Gasteiger partial charge in [-0.25, -0.2) is 4.79 Å². The van der Waals surface area contributed by atoms with Gasteiger partial charge in [0.2, 0.25) is 11.8 Å². The van der Waals surface area contributed by atoms with E-state index in [1.807, 2.05) is 54.6 Å². The van der Waals surface area contributed by atoms with Crippen LogP contribution < -0.4 is 16.4 Å². The van der Waals surface area contributed by atoms with Crippen molar-refractivity contribution in [3.8, 4) is 11.8 Å². The Labute approximate surface area is 204 Å². The Kier molecular flexibility index (Phi) is 8.84. The van der Waals surface area contributed by atoms with E-state index in [-0.39, 0.29) is 24.8 Å². The normalized spacial score (nSPS) is 15.3. The molecular weight excluding hydrogens is 446 g/mol. The van der Waals surface area contributed by atoms with E-state index < -0.39 is 24.0 Å². The zero-order valence-electron chi connectivity index (χ0n) is 19.5. The maximum atomic E-state index is 12.4. The molecule has 1 aliphatic heterocycles. The lowest BCUT2D eigenvalue weighted by atomic mass is 10.0. The van der Waals surface area contributed by atoms with Gasteiger partial charge in [0.15, 0.2) is 5.96 Å². The highest BCUT2D eigenvalue weighted by atomic mass is 16.5. The largest absolute Gasteiger partial charge is 0.467 e. The van der Waals surface area contributed by atoms with Crippen LogP contribution in [0.2, 0.25) is 0 Å². The molecule has 2 amide bonds. The van der Waals surface area contributed by atoms with Gasteiger partial charge in [-0.2, -0.15) is 0 Å². The van der Waals surface area contributed by atoms with Gasteiger partial charge in [0, 0.05) is 24.1 Å². The number of guanidine groups is 1. The minimum Gasteiger partial charge on any atom is -0.467 e. The molecule has 1 heterocycles. The third kappa shape index (κ3) is 7.33. The van der Waals surface area contributed by atoms with Gasteiger partial charge in [0.25, 0.3) is 0 Å². The maximum absolute atomic E-state index is 12.4. The first-order valence-electron chi connectivity index (χ1n) is 11.3. The molecule has 182 valence electrons. The average molecular weight is 476 g/mol. The molecule has 9 nitrogen and oxygen atoms in total. The van der Waals surface area contributed by atoms with Crippen molar-refractivity contribution in [2.75, 3.05) is 20.2 Å². The second kappa shape index (κ2) is 12.2. The molecule has 35 heavy (non-hydrogen) atoms. The van der Waals surface area contributed by atoms with Gasteiger partial charge >= 0.3 is 5.97 Å². The lowest BCUT2D eigenvalue weighted by Crippen LogP contribution is -2.51. The summed E-state index contributed by atoms with van der Waals surface area (Å²) in [6, 6.07) is 15.6. The van der Waals surface area contributed by atoms with Gasteiger partial charge in [0.1, 0.15) is 12.1 Å². The molecule has 0 aliphatic carbocycles. The first-order chi connectivity index (χ1) is 16.9. The first-order valence-corrected chi connectivity index (χ1v) is 11.3. The summed E-state index contributed by atoms with van der Waals surface area (Å²) in [6.45, 7) is 0.225. The number of hydrogen-bond acceptors (Lipinski definition) is 5. The van der Waals surface area contributed by atoms with Crippen LogP contribution in [-0.4, -0.2) is 60.9 Å². The van der Waals surface area contributed by atoms with Crippen LogP contribution in [0.15, 0.2) is 54.6 Å². The van der Waals surface area contributed by atoms with E-state index in [0.29, 0.717) is 13.0 Å². The number of nitrogens with two attached hydrogens (primary N) is 1. The van der Waals surface area contributed by atoms with E-state index in [1.165, 1.54) is 12.0 Å². The minimum absolute atomic E-state index is 0.171. The Hall–Kier alpha value is -4.32. The molecule has 0 unspecified atom stereocenters. The summed E-state index contributed by atoms with van der Waals surface area (Å²) in [7, 11) is 1.25. The molecule has 1 fully saturated rings. The van der Waals surface area contributed by atoms with Gasteiger partial charge in [-0.05, 0) is 42.7 Å². The Morgan fingerprint density at radius 3 is 2.40 bits per heavy atom. The van der Waals surface area contributed by atoms with Crippen LogP contribution in [0.25, 0.3) is 0 Å². The van der Waals surface area contributed by atoms with Crippen molar-refractivity contribution >= 4 is 23.7 Å². The number of nitrogens with one attached hydrogen (secondary N) is 3. The Morgan fingerprint density at radius 1 is 1.11 bits per heavy atom. The van der Waals surface area contributed by atoms with E-state index >= 15 is 0 Å². The van der Waals surface area contributed by atoms with E-state index in [1.54, 1.807) is 0 Å². The Balaban J connectivity index is 1.55. The summed E-state index contributed by atoms with van der Waals surface area (Å²) in [4.78, 5) is 38.6. The molecule has 0 radical (unpaired) electrons. The number of methoxy groups -OCH3 is 1. The fourth-order valence-electron chi connectivity index (χ4n) is 3.82.